The fourth-order valence-corrected chi connectivity index (χ4v) is 7.66. The minimum absolute atomic E-state index is 0. The number of benzene rings is 4. The number of fused-ring (bicyclic) bond motifs is 4. The van der Waals surface area contributed by atoms with Crippen LogP contribution in [0.2, 0.25) is 17.3 Å². The summed E-state index contributed by atoms with van der Waals surface area (Å²) in [5.41, 5.74) is 6.79. The average molecular weight is 825 g/mol. The van der Waals surface area contributed by atoms with Crippen LogP contribution in [0.25, 0.3) is 61.6 Å². The number of hydrogen-bond donors (Lipinski definition) is 0. The topological polar surface area (TPSA) is 69.6 Å². The second kappa shape index (κ2) is 12.9. The first-order valence-electron chi connectivity index (χ1n) is 14.5. The Balaban J connectivity index is 0.000000231. The quantitative estimate of drug-likeness (QED) is 0.132. The Morgan fingerprint density at radius 3 is 2.27 bits per heavy atom. The molecule has 4 aromatic carbocycles. The molecule has 45 heavy (non-hydrogen) atoms. The van der Waals surface area contributed by atoms with Gasteiger partial charge < -0.3 is 4.98 Å². The smallest absolute Gasteiger partial charge is 0.0160 e. The molecule has 8 heteroatoms. The zero-order chi connectivity index (χ0) is 30.1. The van der Waals surface area contributed by atoms with E-state index >= 15 is 0 Å². The van der Waals surface area contributed by atoms with Crippen molar-refractivity contribution in [3.05, 3.63) is 134 Å². The maximum Gasteiger partial charge on any atom is 0.0160 e. The Hall–Kier alpha value is -4.43. The van der Waals surface area contributed by atoms with Crippen LogP contribution in [-0.4, -0.2) is 37.8 Å². The van der Waals surface area contributed by atoms with Crippen LogP contribution in [0.1, 0.15) is 0 Å². The Labute approximate surface area is 277 Å². The summed E-state index contributed by atoms with van der Waals surface area (Å²) in [4.78, 5) is 18.1. The molecule has 223 valence electrons. The third-order valence-corrected chi connectivity index (χ3v) is 11.8. The third-order valence-electron chi connectivity index (χ3n) is 7.48. The molecular formula is C37H29GeIrN5O-2. The van der Waals surface area contributed by atoms with Crippen LogP contribution in [0.5, 0.6) is 0 Å². The van der Waals surface area contributed by atoms with Crippen molar-refractivity contribution in [3.63, 3.8) is 0 Å². The van der Waals surface area contributed by atoms with Gasteiger partial charge in [-0.05, 0) is 11.8 Å². The standard InChI is InChI=1S/C26H21GeN4O.C11H8N.Ir/c1-27(2,3)17-12-13-19-20-10-7-11-21(23(20)32-22(19)16-17)25-30-24-26(29-15-14-28-24)31(25)18-8-5-4-6-9-18;1-2-6-10(7-3-1)11-8-4-5-9-12-11;/h4-10,12-16H,1-3H3;1-6,8-9H;/q2*-1;. The number of para-hydroxylation sites is 1. The van der Waals surface area contributed by atoms with Gasteiger partial charge >= 0.3 is 188 Å². The minimum atomic E-state index is -1.98. The predicted octanol–water partition coefficient (Wildman–Crippen LogP) is 8.27. The maximum atomic E-state index is 6.47. The van der Waals surface area contributed by atoms with E-state index in [2.05, 4.69) is 68.6 Å². The van der Waals surface area contributed by atoms with E-state index in [1.54, 1.807) is 18.6 Å². The molecule has 0 saturated carbocycles. The van der Waals surface area contributed by atoms with Crippen molar-refractivity contribution in [1.82, 2.24) is 24.5 Å². The van der Waals surface area contributed by atoms with E-state index in [0.717, 1.165) is 50.3 Å². The minimum Gasteiger partial charge on any atom is -0.305 e. The molecule has 0 bridgehead atoms. The summed E-state index contributed by atoms with van der Waals surface area (Å²) >= 11 is -1.98. The van der Waals surface area contributed by atoms with Crippen molar-refractivity contribution in [1.29, 1.82) is 0 Å². The Bertz CT molecular complexity index is 2170. The molecule has 8 rings (SSSR count). The number of pyridine rings is 1. The number of aromatic nitrogens is 5. The second-order valence-corrected chi connectivity index (χ2v) is 22.1. The maximum absolute atomic E-state index is 6.47. The normalized spacial score (nSPS) is 11.3. The number of furan rings is 1. The van der Waals surface area contributed by atoms with Gasteiger partial charge in [-0.3, -0.25) is 0 Å². The third kappa shape index (κ3) is 6.12. The van der Waals surface area contributed by atoms with Gasteiger partial charge in [0.25, 0.3) is 0 Å². The first-order valence-corrected chi connectivity index (χ1v) is 21.8. The van der Waals surface area contributed by atoms with Crippen molar-refractivity contribution >= 4 is 50.9 Å². The summed E-state index contributed by atoms with van der Waals surface area (Å²) in [6.07, 6.45) is 5.15. The van der Waals surface area contributed by atoms with Gasteiger partial charge in [0.1, 0.15) is 0 Å². The number of rotatable bonds is 4. The molecule has 0 N–H and O–H groups in total. The Morgan fingerprint density at radius 2 is 1.51 bits per heavy atom. The van der Waals surface area contributed by atoms with E-state index in [1.807, 2.05) is 83.4 Å². The molecule has 0 amide bonds. The molecule has 1 radical (unpaired) electrons. The number of nitrogens with zero attached hydrogens (tertiary/aromatic N) is 5. The number of imidazole rings is 1. The summed E-state index contributed by atoms with van der Waals surface area (Å²) in [6.45, 7) is 0. The molecule has 0 aliphatic heterocycles. The van der Waals surface area contributed by atoms with Gasteiger partial charge in [-0.2, -0.15) is 0 Å². The molecule has 0 saturated heterocycles. The summed E-state index contributed by atoms with van der Waals surface area (Å²) in [5, 5.41) is 2.18. The summed E-state index contributed by atoms with van der Waals surface area (Å²) in [7, 11) is 0. The van der Waals surface area contributed by atoms with Crippen molar-refractivity contribution in [2.24, 2.45) is 0 Å². The second-order valence-electron chi connectivity index (χ2n) is 11.5. The Morgan fingerprint density at radius 1 is 0.711 bits per heavy atom. The van der Waals surface area contributed by atoms with Crippen LogP contribution in [0.4, 0.5) is 0 Å². The summed E-state index contributed by atoms with van der Waals surface area (Å²) in [6, 6.07) is 41.0. The van der Waals surface area contributed by atoms with E-state index < -0.39 is 13.3 Å². The fourth-order valence-electron chi connectivity index (χ4n) is 5.25. The molecule has 0 spiro atoms. The molecule has 0 aliphatic rings. The van der Waals surface area contributed by atoms with E-state index in [1.165, 1.54) is 4.40 Å². The first kappa shape index (κ1) is 30.6. The zero-order valence-electron chi connectivity index (χ0n) is 25.0. The zero-order valence-corrected chi connectivity index (χ0v) is 29.5. The van der Waals surface area contributed by atoms with Gasteiger partial charge in [-0.25, -0.2) is 0 Å². The van der Waals surface area contributed by atoms with Crippen LogP contribution < -0.4 is 4.40 Å². The van der Waals surface area contributed by atoms with Crippen LogP contribution in [0, 0.1) is 12.1 Å². The SMILES string of the molecule is [CH3][Ge]([CH3])([CH3])[c]1ccc2c(c1)oc1c(-c3nc4nccnc4n3-c3ccccc3)[c-]ccc12.[Ir].[c-]1ccccc1-c1ccccn1. The molecule has 6 nitrogen and oxygen atoms in total. The summed E-state index contributed by atoms with van der Waals surface area (Å²) < 4.78 is 9.91. The first-order chi connectivity index (χ1) is 21.5. The molecule has 8 aromatic rings. The molecular weight excluding hydrogens is 795 g/mol. The van der Waals surface area contributed by atoms with Gasteiger partial charge in [0.05, 0.1) is 0 Å². The van der Waals surface area contributed by atoms with Crippen LogP contribution >= 0.6 is 0 Å². The monoisotopic (exact) mass is 826 g/mol. The largest absolute Gasteiger partial charge is 0.305 e. The van der Waals surface area contributed by atoms with E-state index in [4.69, 9.17) is 9.40 Å². The molecule has 0 fully saturated rings. The van der Waals surface area contributed by atoms with Crippen molar-refractivity contribution in [2.45, 2.75) is 17.3 Å². The predicted molar refractivity (Wildman–Crippen MR) is 180 cm³/mol. The molecule has 0 aliphatic carbocycles. The van der Waals surface area contributed by atoms with Gasteiger partial charge in [0, 0.05) is 26.3 Å². The van der Waals surface area contributed by atoms with Crippen molar-refractivity contribution in [3.8, 4) is 28.3 Å². The summed E-state index contributed by atoms with van der Waals surface area (Å²) in [5.74, 6) is 7.90. The molecule has 0 atom stereocenters. The van der Waals surface area contributed by atoms with Crippen molar-refractivity contribution < 1.29 is 24.5 Å². The van der Waals surface area contributed by atoms with Gasteiger partial charge in [0.15, 0.2) is 0 Å². The number of hydrogen-bond acceptors (Lipinski definition) is 5. The molecule has 4 heterocycles. The van der Waals surface area contributed by atoms with Crippen molar-refractivity contribution in [2.75, 3.05) is 0 Å². The Kier molecular flexibility index (Phi) is 8.77. The fraction of sp³-hybridized carbons (Fsp3) is 0.0811. The van der Waals surface area contributed by atoms with E-state index in [0.29, 0.717) is 11.3 Å². The van der Waals surface area contributed by atoms with E-state index in [9.17, 15) is 0 Å². The molecule has 4 aromatic heterocycles. The van der Waals surface area contributed by atoms with Crippen LogP contribution in [0.15, 0.2) is 126 Å². The van der Waals surface area contributed by atoms with Gasteiger partial charge in [0.2, 0.25) is 0 Å². The van der Waals surface area contributed by atoms with Gasteiger partial charge in [-0.15, -0.1) is 35.9 Å². The molecule has 0 unspecified atom stereocenters. The van der Waals surface area contributed by atoms with E-state index in [-0.39, 0.29) is 20.1 Å². The van der Waals surface area contributed by atoms with Gasteiger partial charge in [-0.1, -0.05) is 12.1 Å². The van der Waals surface area contributed by atoms with Crippen LogP contribution in [-0.2, 0) is 20.1 Å². The van der Waals surface area contributed by atoms with Crippen LogP contribution in [0.3, 0.4) is 0 Å². The average Bonchev–Trinajstić information content (AvgIpc) is 3.64.